The van der Waals surface area contributed by atoms with Gasteiger partial charge in [0.1, 0.15) is 5.82 Å². The Hall–Kier alpha value is -0.870. The third-order valence-electron chi connectivity index (χ3n) is 1.95. The lowest BCUT2D eigenvalue weighted by Gasteiger charge is -1.96. The number of imidazole rings is 1. The molecule has 0 aliphatic rings. The summed E-state index contributed by atoms with van der Waals surface area (Å²) in [6, 6.07) is 2.89. The molecule has 0 aliphatic heterocycles. The lowest BCUT2D eigenvalue weighted by atomic mass is 10.3. The van der Waals surface area contributed by atoms with E-state index in [0.717, 1.165) is 5.52 Å². The van der Waals surface area contributed by atoms with E-state index in [1.54, 1.807) is 17.7 Å². The van der Waals surface area contributed by atoms with Gasteiger partial charge in [0, 0.05) is 13.1 Å². The predicted octanol–water partition coefficient (Wildman–Crippen LogP) is 3.03. The summed E-state index contributed by atoms with van der Waals surface area (Å²) < 4.78 is 15.3. The Morgan fingerprint density at radius 3 is 2.92 bits per heavy atom. The third kappa shape index (κ3) is 1.26. The summed E-state index contributed by atoms with van der Waals surface area (Å²) in [4.78, 5) is 2.87. The lowest BCUT2D eigenvalue weighted by molar-refractivity contribution is 0.630. The van der Waals surface area contributed by atoms with Crippen LogP contribution in [0.15, 0.2) is 12.1 Å². The van der Waals surface area contributed by atoms with Gasteiger partial charge in [0.15, 0.2) is 4.77 Å². The van der Waals surface area contributed by atoms with Crippen LogP contribution in [0.5, 0.6) is 0 Å². The molecule has 0 unspecified atom stereocenters. The Bertz CT molecular complexity index is 529. The molecule has 0 fully saturated rings. The number of H-pyrrole nitrogens is 1. The molecule has 5 heteroatoms. The van der Waals surface area contributed by atoms with Gasteiger partial charge in [0.05, 0.1) is 16.1 Å². The first-order valence-corrected chi connectivity index (χ1v) is 4.42. The molecule has 0 aliphatic carbocycles. The highest BCUT2D eigenvalue weighted by molar-refractivity contribution is 7.71. The van der Waals surface area contributed by atoms with Gasteiger partial charge < -0.3 is 9.55 Å². The summed E-state index contributed by atoms with van der Waals surface area (Å²) in [6.45, 7) is 0. The first-order chi connectivity index (χ1) is 6.09. The molecule has 0 radical (unpaired) electrons. The largest absolute Gasteiger partial charge is 0.330 e. The molecule has 68 valence electrons. The number of fused-ring (bicyclic) bond motifs is 1. The number of nitrogens with zero attached hydrogens (tertiary/aromatic N) is 1. The van der Waals surface area contributed by atoms with Gasteiger partial charge in [-0.1, -0.05) is 11.6 Å². The molecule has 2 aromatic rings. The zero-order valence-corrected chi connectivity index (χ0v) is 8.34. The fourth-order valence-electron chi connectivity index (χ4n) is 1.22. The minimum atomic E-state index is -0.439. The molecular weight excluding hydrogens is 211 g/mol. The predicted molar refractivity (Wildman–Crippen MR) is 53.1 cm³/mol. The van der Waals surface area contributed by atoms with E-state index in [1.165, 1.54) is 6.07 Å². The highest BCUT2D eigenvalue weighted by atomic mass is 35.5. The Kier molecular flexibility index (Phi) is 1.89. The van der Waals surface area contributed by atoms with Crippen molar-refractivity contribution in [3.8, 4) is 0 Å². The van der Waals surface area contributed by atoms with Crippen LogP contribution in [0.2, 0.25) is 5.02 Å². The van der Waals surface area contributed by atoms with Crippen LogP contribution in [0.3, 0.4) is 0 Å². The van der Waals surface area contributed by atoms with Crippen molar-refractivity contribution in [3.05, 3.63) is 27.7 Å². The van der Waals surface area contributed by atoms with Crippen LogP contribution in [-0.2, 0) is 7.05 Å². The first-order valence-electron chi connectivity index (χ1n) is 3.63. The molecular formula is C8H6ClFN2S. The van der Waals surface area contributed by atoms with E-state index in [0.29, 0.717) is 10.3 Å². The fourth-order valence-corrected chi connectivity index (χ4v) is 1.59. The highest BCUT2D eigenvalue weighted by Gasteiger charge is 2.05. The van der Waals surface area contributed by atoms with E-state index in [-0.39, 0.29) is 5.02 Å². The molecule has 1 heterocycles. The maximum Gasteiger partial charge on any atom is 0.177 e. The molecule has 13 heavy (non-hydrogen) atoms. The van der Waals surface area contributed by atoms with Crippen molar-refractivity contribution in [2.75, 3.05) is 0 Å². The second-order valence-electron chi connectivity index (χ2n) is 2.77. The maximum atomic E-state index is 13.0. The van der Waals surface area contributed by atoms with Crippen LogP contribution in [0.25, 0.3) is 11.0 Å². The molecule has 0 atom stereocenters. The van der Waals surface area contributed by atoms with Crippen molar-refractivity contribution < 1.29 is 4.39 Å². The molecule has 1 aromatic carbocycles. The summed E-state index contributed by atoms with van der Waals surface area (Å²) in [7, 11) is 1.80. The van der Waals surface area contributed by atoms with Gasteiger partial charge in [0.2, 0.25) is 0 Å². The van der Waals surface area contributed by atoms with Crippen molar-refractivity contribution in [3.63, 3.8) is 0 Å². The number of rotatable bonds is 0. The van der Waals surface area contributed by atoms with Crippen LogP contribution in [0, 0.1) is 10.6 Å². The first kappa shape index (κ1) is 8.72. The van der Waals surface area contributed by atoms with Crippen LogP contribution >= 0.6 is 23.8 Å². The fraction of sp³-hybridized carbons (Fsp3) is 0.125. The maximum absolute atomic E-state index is 13.0. The molecule has 1 aromatic heterocycles. The molecule has 0 spiro atoms. The van der Waals surface area contributed by atoms with E-state index in [2.05, 4.69) is 4.98 Å². The molecule has 0 saturated carbocycles. The number of aromatic amines is 1. The summed E-state index contributed by atoms with van der Waals surface area (Å²) in [6.07, 6.45) is 0. The average molecular weight is 217 g/mol. The minimum absolute atomic E-state index is 0.108. The second kappa shape index (κ2) is 2.82. The highest BCUT2D eigenvalue weighted by Crippen LogP contribution is 2.21. The van der Waals surface area contributed by atoms with Gasteiger partial charge in [-0.15, -0.1) is 0 Å². The number of nitrogens with one attached hydrogen (secondary N) is 1. The van der Waals surface area contributed by atoms with E-state index in [1.807, 2.05) is 0 Å². The number of halogens is 2. The number of benzene rings is 1. The standard InChI is InChI=1S/C8H6ClFN2S/c1-12-7-2-4(9)5(10)3-6(7)11-8(12)13/h2-3H,1H3,(H,11,13). The monoisotopic (exact) mass is 216 g/mol. The number of aryl methyl sites for hydroxylation is 1. The van der Waals surface area contributed by atoms with Crippen LogP contribution < -0.4 is 0 Å². The smallest absolute Gasteiger partial charge is 0.177 e. The van der Waals surface area contributed by atoms with Crippen molar-refractivity contribution in [1.29, 1.82) is 0 Å². The number of hydrogen-bond acceptors (Lipinski definition) is 1. The topological polar surface area (TPSA) is 20.7 Å². The summed E-state index contributed by atoms with van der Waals surface area (Å²) in [5.41, 5.74) is 1.46. The zero-order chi connectivity index (χ0) is 9.59. The molecule has 2 rings (SSSR count). The summed E-state index contributed by atoms with van der Waals surface area (Å²) >= 11 is 10.6. The van der Waals surface area contributed by atoms with Gasteiger partial charge in [-0.25, -0.2) is 4.39 Å². The lowest BCUT2D eigenvalue weighted by Crippen LogP contribution is -1.86. The Morgan fingerprint density at radius 1 is 1.54 bits per heavy atom. The minimum Gasteiger partial charge on any atom is -0.330 e. The second-order valence-corrected chi connectivity index (χ2v) is 3.57. The SMILES string of the molecule is Cn1c(=S)[nH]c2cc(F)c(Cl)cc21. The molecule has 0 amide bonds. The van der Waals surface area contributed by atoms with Crippen LogP contribution in [0.4, 0.5) is 4.39 Å². The van der Waals surface area contributed by atoms with Gasteiger partial charge in [-0.05, 0) is 18.3 Å². The number of aromatic nitrogens is 2. The normalized spacial score (nSPS) is 11.0. The average Bonchev–Trinajstić information content (AvgIpc) is 2.32. The van der Waals surface area contributed by atoms with Gasteiger partial charge in [-0.3, -0.25) is 0 Å². The quantitative estimate of drug-likeness (QED) is 0.672. The van der Waals surface area contributed by atoms with Gasteiger partial charge in [-0.2, -0.15) is 0 Å². The van der Waals surface area contributed by atoms with Crippen LogP contribution in [0.1, 0.15) is 0 Å². The molecule has 0 bridgehead atoms. The van der Waals surface area contributed by atoms with Gasteiger partial charge in [0.25, 0.3) is 0 Å². The molecule has 2 nitrogen and oxygen atoms in total. The van der Waals surface area contributed by atoms with Gasteiger partial charge >= 0.3 is 0 Å². The Balaban J connectivity index is 2.97. The molecule has 1 N–H and O–H groups in total. The summed E-state index contributed by atoms with van der Waals surface area (Å²) in [5.74, 6) is -0.439. The zero-order valence-electron chi connectivity index (χ0n) is 6.77. The summed E-state index contributed by atoms with van der Waals surface area (Å²) in [5, 5.41) is 0.108. The Labute approximate surface area is 83.9 Å². The molecule has 0 saturated heterocycles. The van der Waals surface area contributed by atoms with E-state index in [9.17, 15) is 4.39 Å². The van der Waals surface area contributed by atoms with E-state index in [4.69, 9.17) is 23.8 Å². The van der Waals surface area contributed by atoms with Crippen LogP contribution in [-0.4, -0.2) is 9.55 Å². The number of hydrogen-bond donors (Lipinski definition) is 1. The van der Waals surface area contributed by atoms with Crippen molar-refractivity contribution in [2.45, 2.75) is 0 Å². The van der Waals surface area contributed by atoms with E-state index < -0.39 is 5.82 Å². The third-order valence-corrected chi connectivity index (χ3v) is 2.61. The van der Waals surface area contributed by atoms with Crippen molar-refractivity contribution in [1.82, 2.24) is 9.55 Å². The Morgan fingerprint density at radius 2 is 2.23 bits per heavy atom. The van der Waals surface area contributed by atoms with E-state index >= 15 is 0 Å². The van der Waals surface area contributed by atoms with Crippen molar-refractivity contribution >= 4 is 34.9 Å². The van der Waals surface area contributed by atoms with Crippen molar-refractivity contribution in [2.24, 2.45) is 7.05 Å².